The Morgan fingerprint density at radius 3 is 2.52 bits per heavy atom. The molecule has 0 aliphatic carbocycles. The zero-order valence-electron chi connectivity index (χ0n) is 11.9. The van der Waals surface area contributed by atoms with E-state index in [0.29, 0.717) is 21.4 Å². The third kappa shape index (κ3) is 3.14. The lowest BCUT2D eigenvalue weighted by molar-refractivity contribution is 0.0942. The van der Waals surface area contributed by atoms with Crippen molar-refractivity contribution < 1.29 is 4.79 Å². The van der Waals surface area contributed by atoms with E-state index in [0.717, 1.165) is 11.3 Å². The summed E-state index contributed by atoms with van der Waals surface area (Å²) in [6.07, 6.45) is 0. The molecule has 0 bridgehead atoms. The number of aryl methyl sites for hydroxylation is 2. The zero-order valence-corrected chi connectivity index (χ0v) is 13.4. The van der Waals surface area contributed by atoms with Crippen molar-refractivity contribution in [3.63, 3.8) is 0 Å². The molecule has 2 aromatic rings. The molecule has 0 atom stereocenters. The molecule has 0 aliphatic rings. The number of hydrogen-bond acceptors (Lipinski definition) is 2. The van der Waals surface area contributed by atoms with Crippen LogP contribution in [0.15, 0.2) is 16.9 Å². The van der Waals surface area contributed by atoms with Gasteiger partial charge in [-0.3, -0.25) is 9.59 Å². The van der Waals surface area contributed by atoms with Crippen molar-refractivity contribution in [3.05, 3.63) is 55.2 Å². The van der Waals surface area contributed by atoms with Crippen molar-refractivity contribution in [2.45, 2.75) is 20.4 Å². The van der Waals surface area contributed by atoms with Gasteiger partial charge >= 0.3 is 0 Å². The number of halogens is 2. The van der Waals surface area contributed by atoms with E-state index < -0.39 is 0 Å². The molecule has 21 heavy (non-hydrogen) atoms. The second-order valence-electron chi connectivity index (χ2n) is 4.85. The van der Waals surface area contributed by atoms with Crippen molar-refractivity contribution in [1.29, 1.82) is 0 Å². The monoisotopic (exact) mass is 327 g/mol. The summed E-state index contributed by atoms with van der Waals surface area (Å²) in [5, 5.41) is 3.31. The molecule has 0 fully saturated rings. The number of pyridine rings is 1. The molecule has 0 radical (unpaired) electrons. The van der Waals surface area contributed by atoms with E-state index in [1.165, 1.54) is 10.6 Å². The van der Waals surface area contributed by atoms with Gasteiger partial charge in [-0.1, -0.05) is 23.2 Å². The number of rotatable bonds is 3. The minimum atomic E-state index is -0.342. The Kier molecular flexibility index (Phi) is 4.44. The van der Waals surface area contributed by atoms with Gasteiger partial charge in [0.15, 0.2) is 0 Å². The van der Waals surface area contributed by atoms with Crippen molar-refractivity contribution in [2.75, 3.05) is 0 Å². The summed E-state index contributed by atoms with van der Waals surface area (Å²) >= 11 is 11.8. The number of nitrogens with one attached hydrogen (secondary N) is 2. The fourth-order valence-electron chi connectivity index (χ4n) is 2.12. The van der Waals surface area contributed by atoms with E-state index in [9.17, 15) is 9.59 Å². The molecule has 0 aliphatic heterocycles. The van der Waals surface area contributed by atoms with E-state index in [2.05, 4.69) is 10.3 Å². The van der Waals surface area contributed by atoms with Crippen molar-refractivity contribution in [3.8, 4) is 0 Å². The second kappa shape index (κ2) is 5.95. The molecule has 0 aromatic carbocycles. The summed E-state index contributed by atoms with van der Waals surface area (Å²) in [7, 11) is 1.65. The van der Waals surface area contributed by atoms with Gasteiger partial charge in [0, 0.05) is 24.8 Å². The molecule has 112 valence electrons. The molecule has 2 rings (SSSR count). The highest BCUT2D eigenvalue weighted by Crippen LogP contribution is 2.25. The summed E-state index contributed by atoms with van der Waals surface area (Å²) < 4.78 is 1.49. The van der Waals surface area contributed by atoms with Gasteiger partial charge in [-0.25, -0.2) is 0 Å². The van der Waals surface area contributed by atoms with Gasteiger partial charge in [-0.2, -0.15) is 0 Å². The highest BCUT2D eigenvalue weighted by Gasteiger charge is 2.16. The smallest absolute Gasteiger partial charge is 0.268 e. The molecular formula is C14H15Cl2N3O2. The van der Waals surface area contributed by atoms with Gasteiger partial charge in [0.1, 0.15) is 10.8 Å². The first kappa shape index (κ1) is 15.7. The van der Waals surface area contributed by atoms with Crippen molar-refractivity contribution in [1.82, 2.24) is 14.9 Å². The number of H-pyrrole nitrogens is 1. The summed E-state index contributed by atoms with van der Waals surface area (Å²) in [5.74, 6) is -0.342. The van der Waals surface area contributed by atoms with Crippen LogP contribution >= 0.6 is 23.2 Å². The Bertz CT molecular complexity index is 762. The van der Waals surface area contributed by atoms with Crippen LogP contribution in [0.2, 0.25) is 10.2 Å². The molecule has 2 N–H and O–H groups in total. The SMILES string of the molecule is Cc1cc(C)c(CNC(=O)c2cc(Cl)c(Cl)n2C)c(=O)[nH]1. The number of carbonyl (C=O) groups excluding carboxylic acids is 1. The predicted molar refractivity (Wildman–Crippen MR) is 83.1 cm³/mol. The predicted octanol–water partition coefficient (Wildman–Crippen LogP) is 2.57. The van der Waals surface area contributed by atoms with Crippen LogP contribution < -0.4 is 10.9 Å². The number of aromatic nitrogens is 2. The van der Waals surface area contributed by atoms with E-state index in [1.807, 2.05) is 19.9 Å². The number of aromatic amines is 1. The van der Waals surface area contributed by atoms with Gasteiger partial charge in [-0.05, 0) is 31.5 Å². The molecule has 0 saturated heterocycles. The average Bonchev–Trinajstić information content (AvgIpc) is 2.65. The fourth-order valence-corrected chi connectivity index (χ4v) is 2.50. The Hall–Kier alpha value is -1.72. The number of carbonyl (C=O) groups is 1. The molecule has 0 unspecified atom stereocenters. The first-order valence-electron chi connectivity index (χ1n) is 6.29. The minimum absolute atomic E-state index is 0.140. The first-order chi connectivity index (χ1) is 9.81. The lowest BCUT2D eigenvalue weighted by Crippen LogP contribution is -2.29. The molecule has 5 nitrogen and oxygen atoms in total. The molecule has 1 amide bonds. The first-order valence-corrected chi connectivity index (χ1v) is 7.05. The second-order valence-corrected chi connectivity index (χ2v) is 5.62. The maximum atomic E-state index is 12.1. The normalized spacial score (nSPS) is 10.7. The van der Waals surface area contributed by atoms with E-state index in [1.54, 1.807) is 7.05 Å². The zero-order chi connectivity index (χ0) is 15.7. The maximum absolute atomic E-state index is 12.1. The topological polar surface area (TPSA) is 66.9 Å². The summed E-state index contributed by atoms with van der Waals surface area (Å²) in [5.41, 5.74) is 2.29. The number of amides is 1. The van der Waals surface area contributed by atoms with Gasteiger partial charge < -0.3 is 14.9 Å². The fraction of sp³-hybridized carbons (Fsp3) is 0.286. The van der Waals surface area contributed by atoms with Gasteiger partial charge in [0.25, 0.3) is 11.5 Å². The highest BCUT2D eigenvalue weighted by molar-refractivity contribution is 6.41. The van der Waals surface area contributed by atoms with Crippen LogP contribution in [0.1, 0.15) is 27.3 Å². The Labute approximate surface area is 131 Å². The Balaban J connectivity index is 2.19. The molecule has 7 heteroatoms. The Morgan fingerprint density at radius 1 is 1.33 bits per heavy atom. The largest absolute Gasteiger partial charge is 0.346 e. The van der Waals surface area contributed by atoms with Crippen LogP contribution in [0, 0.1) is 13.8 Å². The summed E-state index contributed by atoms with van der Waals surface area (Å²) in [6.45, 7) is 3.78. The standard InChI is InChI=1S/C14H15Cl2N3O2/c1-7-4-8(2)18-13(20)9(7)6-17-14(21)11-5-10(15)12(16)19(11)3/h4-5H,6H2,1-3H3,(H,17,21)(H,18,20). The van der Waals surface area contributed by atoms with E-state index in [-0.39, 0.29) is 18.0 Å². The van der Waals surface area contributed by atoms with Crippen molar-refractivity contribution >= 4 is 29.1 Å². The van der Waals surface area contributed by atoms with Crippen LogP contribution in [0.5, 0.6) is 0 Å². The maximum Gasteiger partial charge on any atom is 0.268 e. The van der Waals surface area contributed by atoms with Crippen LogP contribution in [0.4, 0.5) is 0 Å². The number of hydrogen-bond donors (Lipinski definition) is 2. The Morgan fingerprint density at radius 2 is 2.00 bits per heavy atom. The van der Waals surface area contributed by atoms with Crippen LogP contribution in [0.25, 0.3) is 0 Å². The quantitative estimate of drug-likeness (QED) is 0.909. The van der Waals surface area contributed by atoms with Crippen LogP contribution in [0.3, 0.4) is 0 Å². The molecule has 2 heterocycles. The van der Waals surface area contributed by atoms with Gasteiger partial charge in [0.2, 0.25) is 0 Å². The highest BCUT2D eigenvalue weighted by atomic mass is 35.5. The van der Waals surface area contributed by atoms with E-state index >= 15 is 0 Å². The molecule has 0 saturated carbocycles. The molecular weight excluding hydrogens is 313 g/mol. The molecule has 0 spiro atoms. The van der Waals surface area contributed by atoms with Gasteiger partial charge in [0.05, 0.1) is 5.02 Å². The third-order valence-electron chi connectivity index (χ3n) is 3.27. The lowest BCUT2D eigenvalue weighted by Gasteiger charge is -2.09. The van der Waals surface area contributed by atoms with Crippen LogP contribution in [-0.4, -0.2) is 15.5 Å². The lowest BCUT2D eigenvalue weighted by atomic mass is 10.1. The molecule has 2 aromatic heterocycles. The summed E-state index contributed by atoms with van der Waals surface area (Å²) in [6, 6.07) is 3.35. The number of nitrogens with zero attached hydrogens (tertiary/aromatic N) is 1. The van der Waals surface area contributed by atoms with Crippen molar-refractivity contribution in [2.24, 2.45) is 7.05 Å². The van der Waals surface area contributed by atoms with E-state index in [4.69, 9.17) is 23.2 Å². The third-order valence-corrected chi connectivity index (χ3v) is 4.11. The van der Waals surface area contributed by atoms with Crippen LogP contribution in [-0.2, 0) is 13.6 Å². The van der Waals surface area contributed by atoms with Gasteiger partial charge in [-0.15, -0.1) is 0 Å². The average molecular weight is 328 g/mol. The minimum Gasteiger partial charge on any atom is -0.346 e. The summed E-state index contributed by atoms with van der Waals surface area (Å²) in [4.78, 5) is 26.7.